The molecular weight excluding hydrogens is 1440 g/mol. The Labute approximate surface area is 690 Å². The molecule has 20 N–H and O–H groups in total. The largest absolute Gasteiger partial charge is 0.396 e. The van der Waals surface area contributed by atoms with Crippen molar-refractivity contribution < 1.29 is 102 Å². The molecule has 0 aliphatic heterocycles. The minimum Gasteiger partial charge on any atom is -0.396 e. The van der Waals surface area contributed by atoms with Gasteiger partial charge in [-0.25, -0.2) is 0 Å². The van der Waals surface area contributed by atoms with E-state index in [1.807, 2.05) is 138 Å². The van der Waals surface area contributed by atoms with Gasteiger partial charge in [-0.05, 0) is 325 Å². The molecule has 0 radical (unpaired) electrons. The molecule has 0 saturated heterocycles. The second-order valence-corrected chi connectivity index (χ2v) is 39.8. The second kappa shape index (κ2) is 60.7. The summed E-state index contributed by atoms with van der Waals surface area (Å²) in [6.45, 7) is 38.5. The number of aliphatic hydroxyl groups is 20. The number of hydrogen-bond acceptors (Lipinski definition) is 20. The van der Waals surface area contributed by atoms with E-state index in [0.29, 0.717) is 193 Å². The molecule has 0 aromatic carbocycles. The lowest BCUT2D eigenvalue weighted by Gasteiger charge is -2.37. The number of rotatable bonds is 72. The summed E-state index contributed by atoms with van der Waals surface area (Å²) in [6, 6.07) is 0. The molecule has 0 fully saturated rings. The highest BCUT2D eigenvalue weighted by Gasteiger charge is 2.38. The van der Waals surface area contributed by atoms with Crippen molar-refractivity contribution in [2.75, 3.05) is 13.2 Å². The topological polar surface area (TPSA) is 405 Å². The lowest BCUT2D eigenvalue weighted by atomic mass is 9.74. The molecule has 0 spiro atoms. The predicted molar refractivity (Wildman–Crippen MR) is 458 cm³/mol. The van der Waals surface area contributed by atoms with Crippen LogP contribution in [0.1, 0.15) is 357 Å². The zero-order valence-electron chi connectivity index (χ0n) is 75.7. The van der Waals surface area contributed by atoms with Crippen molar-refractivity contribution in [3.05, 3.63) is 0 Å². The molecule has 0 saturated carbocycles. The summed E-state index contributed by atoms with van der Waals surface area (Å²) < 4.78 is 0. The Hall–Kier alpha value is -0.800. The Morgan fingerprint density at radius 3 is 0.310 bits per heavy atom. The molecule has 20 nitrogen and oxygen atoms in total. The van der Waals surface area contributed by atoms with Gasteiger partial charge in [0.15, 0.2) is 0 Å². The standard InChI is InChI=1S/C93H188O20/c1-57(2)75(96)37-21-59(5)77(98)39-23-61(7)79(100)41-25-63(9)81(102)43-27-65(11)83(104)45-29-67(13)85(106)47-31-69(15)87(108)49-33-71(17)89(110)51-35-73(19)91(112)53-93(55-94,56-95)54-92(113)74(20)36-52-90(111)72(18)34-50-88(109)70(16)32-48-86(107)68(14)30-46-84(105)66(12)28-44-82(103)64(10)26-42-80(101)62(8)24-40-78(99)60(6)22-38-76(97)58(3)4/h57-92,94-113H,21-56H2,1-20H3. The quantitative estimate of drug-likeness (QED) is 0.0269. The monoisotopic (exact) mass is 1630 g/mol. The highest BCUT2D eigenvalue weighted by Crippen LogP contribution is 2.37. The maximum atomic E-state index is 11.4. The second-order valence-electron chi connectivity index (χ2n) is 39.8. The van der Waals surface area contributed by atoms with E-state index in [1.165, 1.54) is 0 Å². The number of hydrogen-bond donors (Lipinski definition) is 20. The van der Waals surface area contributed by atoms with Crippen LogP contribution in [0.25, 0.3) is 0 Å². The van der Waals surface area contributed by atoms with Crippen LogP contribution < -0.4 is 0 Å². The maximum Gasteiger partial charge on any atom is 0.0572 e. The maximum absolute atomic E-state index is 11.4. The SMILES string of the molecule is CC(C)C(O)CCC(C)C(O)CCC(C)C(O)CCC(C)C(O)CCC(C)C(O)CCC(C)C(O)CCC(C)C(O)CCC(C)C(O)CCC(C)C(O)CC(CO)(CO)CC(O)C(C)CCC(O)C(C)CCC(O)C(C)CCC(O)C(C)CCC(O)C(C)CCC(O)C(C)CCC(O)C(C)CCC(O)C(C)CCC(O)C(C)C. The van der Waals surface area contributed by atoms with Gasteiger partial charge in [-0.3, -0.25) is 0 Å². The summed E-state index contributed by atoms with van der Waals surface area (Å²) in [4.78, 5) is 0. The van der Waals surface area contributed by atoms with Crippen molar-refractivity contribution in [2.45, 2.75) is 467 Å². The molecule has 34 atom stereocenters. The Morgan fingerprint density at radius 2 is 0.221 bits per heavy atom. The van der Waals surface area contributed by atoms with Crippen LogP contribution in [-0.4, -0.2) is 225 Å². The average molecular weight is 1630 g/mol. The fraction of sp³-hybridized carbons (Fsp3) is 1.00. The van der Waals surface area contributed by atoms with E-state index < -0.39 is 116 Å². The Balaban J connectivity index is 4.77. The van der Waals surface area contributed by atoms with Gasteiger partial charge in [0.05, 0.1) is 123 Å². The van der Waals surface area contributed by atoms with Crippen LogP contribution in [0, 0.1) is 112 Å². The van der Waals surface area contributed by atoms with E-state index in [2.05, 4.69) is 0 Å². The molecule has 113 heavy (non-hydrogen) atoms. The van der Waals surface area contributed by atoms with Gasteiger partial charge in [-0.1, -0.05) is 138 Å². The van der Waals surface area contributed by atoms with Crippen LogP contribution in [-0.2, 0) is 0 Å². The highest BCUT2D eigenvalue weighted by atomic mass is 16.3. The Kier molecular flexibility index (Phi) is 60.2. The molecule has 20 heteroatoms. The van der Waals surface area contributed by atoms with Crippen LogP contribution >= 0.6 is 0 Å². The summed E-state index contributed by atoms with van der Waals surface area (Å²) in [6.07, 6.45) is 7.86. The Bertz CT molecular complexity index is 2090. The molecule has 34 unspecified atom stereocenters. The van der Waals surface area contributed by atoms with Crippen LogP contribution in [0.4, 0.5) is 0 Å². The normalized spacial score (nSPS) is 22.0. The lowest BCUT2D eigenvalue weighted by Crippen LogP contribution is -2.40. The first-order valence-electron chi connectivity index (χ1n) is 46.1. The van der Waals surface area contributed by atoms with Gasteiger partial charge in [0.2, 0.25) is 0 Å². The molecule has 0 aliphatic rings. The van der Waals surface area contributed by atoms with Crippen molar-refractivity contribution in [1.29, 1.82) is 0 Å². The highest BCUT2D eigenvalue weighted by molar-refractivity contribution is 4.89. The molecule has 0 aromatic rings. The van der Waals surface area contributed by atoms with Gasteiger partial charge in [0.1, 0.15) is 0 Å². The fourth-order valence-corrected chi connectivity index (χ4v) is 16.3. The summed E-state index contributed by atoms with van der Waals surface area (Å²) in [5, 5.41) is 219. The summed E-state index contributed by atoms with van der Waals surface area (Å²) >= 11 is 0. The van der Waals surface area contributed by atoms with E-state index in [4.69, 9.17) is 0 Å². The fourth-order valence-electron chi connectivity index (χ4n) is 16.3. The smallest absolute Gasteiger partial charge is 0.0572 e. The van der Waals surface area contributed by atoms with Crippen LogP contribution in [0.15, 0.2) is 0 Å². The van der Waals surface area contributed by atoms with E-state index in [1.54, 1.807) is 0 Å². The third-order valence-electron chi connectivity index (χ3n) is 28.7. The van der Waals surface area contributed by atoms with Gasteiger partial charge in [-0.15, -0.1) is 0 Å². The minimum atomic E-state index is -1.17. The predicted octanol–water partition coefficient (Wildman–Crippen LogP) is 13.2. The molecule has 0 aromatic heterocycles. The first-order chi connectivity index (χ1) is 52.6. The van der Waals surface area contributed by atoms with Crippen LogP contribution in [0.3, 0.4) is 0 Å². The molecule has 0 rings (SSSR count). The summed E-state index contributed by atoms with van der Waals surface area (Å²) in [5.41, 5.74) is -1.17. The van der Waals surface area contributed by atoms with Gasteiger partial charge in [-0.2, -0.15) is 0 Å². The van der Waals surface area contributed by atoms with E-state index in [9.17, 15) is 102 Å². The van der Waals surface area contributed by atoms with Crippen molar-refractivity contribution in [1.82, 2.24) is 0 Å². The molecule has 0 bridgehead atoms. The zero-order chi connectivity index (χ0) is 86.7. The first kappa shape index (κ1) is 112. The van der Waals surface area contributed by atoms with E-state index in [-0.39, 0.29) is 132 Å². The van der Waals surface area contributed by atoms with Crippen molar-refractivity contribution in [3.63, 3.8) is 0 Å². The van der Waals surface area contributed by atoms with Gasteiger partial charge < -0.3 is 102 Å². The lowest BCUT2D eigenvalue weighted by molar-refractivity contribution is -0.0509. The van der Waals surface area contributed by atoms with Crippen molar-refractivity contribution in [3.8, 4) is 0 Å². The molecule has 680 valence electrons. The third-order valence-corrected chi connectivity index (χ3v) is 28.7. The van der Waals surface area contributed by atoms with Gasteiger partial charge in [0.25, 0.3) is 0 Å². The molecular formula is C93H188O20. The third kappa shape index (κ3) is 47.4. The molecule has 0 aliphatic carbocycles. The van der Waals surface area contributed by atoms with E-state index >= 15 is 0 Å². The summed E-state index contributed by atoms with van der Waals surface area (Å²) in [5.74, 6) is -0.778. The van der Waals surface area contributed by atoms with Gasteiger partial charge >= 0.3 is 0 Å². The van der Waals surface area contributed by atoms with Crippen molar-refractivity contribution in [2.24, 2.45) is 112 Å². The van der Waals surface area contributed by atoms with Crippen molar-refractivity contribution >= 4 is 0 Å². The average Bonchev–Trinajstić information content (AvgIpc) is 0.826. The Morgan fingerprint density at radius 1 is 0.133 bits per heavy atom. The van der Waals surface area contributed by atoms with E-state index in [0.717, 1.165) is 12.8 Å². The first-order valence-corrected chi connectivity index (χ1v) is 46.1. The van der Waals surface area contributed by atoms with Crippen LogP contribution in [0.5, 0.6) is 0 Å². The number of aliphatic hydroxyl groups excluding tert-OH is 20. The minimum absolute atomic E-state index is 0.00985. The molecule has 0 heterocycles. The molecule has 0 amide bonds. The van der Waals surface area contributed by atoms with Gasteiger partial charge in [0, 0.05) is 5.41 Å². The summed E-state index contributed by atoms with van der Waals surface area (Å²) in [7, 11) is 0. The zero-order valence-corrected chi connectivity index (χ0v) is 75.7. The van der Waals surface area contributed by atoms with Crippen LogP contribution in [0.2, 0.25) is 0 Å².